The summed E-state index contributed by atoms with van der Waals surface area (Å²) in [7, 11) is 0. The molecule has 2 aliphatic carbocycles. The minimum Gasteiger partial charge on any atom is -0.380 e. The van der Waals surface area contributed by atoms with Gasteiger partial charge in [-0.25, -0.2) is 8.78 Å². The van der Waals surface area contributed by atoms with Gasteiger partial charge in [-0.1, -0.05) is 0 Å². The Labute approximate surface area is 169 Å². The SMILES string of the molecule is O=C1C(C2COC2)N(CC2CCC(F)CC2)C(=O)CN1C1CCC(Cl)CC1F. The van der Waals surface area contributed by atoms with Crippen molar-refractivity contribution in [1.82, 2.24) is 9.80 Å². The van der Waals surface area contributed by atoms with Gasteiger partial charge in [-0.15, -0.1) is 11.6 Å². The van der Waals surface area contributed by atoms with Gasteiger partial charge < -0.3 is 14.5 Å². The number of ether oxygens (including phenoxy) is 1. The van der Waals surface area contributed by atoms with Crippen LogP contribution in [0, 0.1) is 11.8 Å². The molecule has 0 aromatic heterocycles. The zero-order valence-electron chi connectivity index (χ0n) is 16.1. The molecule has 0 radical (unpaired) electrons. The van der Waals surface area contributed by atoms with Gasteiger partial charge in [0.15, 0.2) is 0 Å². The molecule has 2 aliphatic heterocycles. The van der Waals surface area contributed by atoms with Crippen LogP contribution in [0.4, 0.5) is 8.78 Å². The second-order valence-electron chi connectivity index (χ2n) is 8.87. The average molecular weight is 419 g/mol. The van der Waals surface area contributed by atoms with Crippen molar-refractivity contribution >= 4 is 23.4 Å². The lowest BCUT2D eigenvalue weighted by molar-refractivity contribution is -0.172. The Morgan fingerprint density at radius 3 is 2.36 bits per heavy atom. The maximum atomic E-state index is 14.7. The summed E-state index contributed by atoms with van der Waals surface area (Å²) in [5, 5.41) is -0.209. The quantitative estimate of drug-likeness (QED) is 0.659. The Hall–Kier alpha value is -0.950. The predicted octanol–water partition coefficient (Wildman–Crippen LogP) is 2.70. The third kappa shape index (κ3) is 4.02. The summed E-state index contributed by atoms with van der Waals surface area (Å²) < 4.78 is 33.4. The Balaban J connectivity index is 1.49. The van der Waals surface area contributed by atoms with Crippen molar-refractivity contribution in [2.75, 3.05) is 26.3 Å². The molecule has 0 aromatic carbocycles. The van der Waals surface area contributed by atoms with Crippen molar-refractivity contribution in [2.45, 2.75) is 74.7 Å². The molecular formula is C20H29ClF2N2O3. The normalized spacial score (nSPS) is 40.5. The van der Waals surface area contributed by atoms with Crippen LogP contribution in [0.1, 0.15) is 44.9 Å². The molecule has 2 amide bonds. The number of hydrogen-bond donors (Lipinski definition) is 0. The molecule has 5 nitrogen and oxygen atoms in total. The van der Waals surface area contributed by atoms with Gasteiger partial charge in [0.1, 0.15) is 24.9 Å². The molecule has 0 N–H and O–H groups in total. The van der Waals surface area contributed by atoms with E-state index in [1.54, 1.807) is 4.90 Å². The van der Waals surface area contributed by atoms with Crippen molar-refractivity contribution < 1.29 is 23.1 Å². The van der Waals surface area contributed by atoms with E-state index in [0.717, 1.165) is 12.8 Å². The monoisotopic (exact) mass is 418 g/mol. The van der Waals surface area contributed by atoms with E-state index in [4.69, 9.17) is 16.3 Å². The fourth-order valence-electron chi connectivity index (χ4n) is 5.15. The summed E-state index contributed by atoms with van der Waals surface area (Å²) in [6.45, 7) is 1.30. The molecule has 28 heavy (non-hydrogen) atoms. The van der Waals surface area contributed by atoms with Gasteiger partial charge >= 0.3 is 0 Å². The molecule has 4 rings (SSSR count). The van der Waals surface area contributed by atoms with Crippen LogP contribution in [-0.4, -0.2) is 77.7 Å². The van der Waals surface area contributed by atoms with Crippen LogP contribution in [0.15, 0.2) is 0 Å². The van der Waals surface area contributed by atoms with Crippen LogP contribution < -0.4 is 0 Å². The third-order valence-electron chi connectivity index (χ3n) is 6.91. The first-order chi connectivity index (χ1) is 13.4. The topological polar surface area (TPSA) is 49.9 Å². The molecule has 4 fully saturated rings. The summed E-state index contributed by atoms with van der Waals surface area (Å²) in [5.74, 6) is -0.106. The lowest BCUT2D eigenvalue weighted by Crippen LogP contribution is -2.68. The maximum Gasteiger partial charge on any atom is 0.246 e. The fourth-order valence-corrected chi connectivity index (χ4v) is 5.44. The lowest BCUT2D eigenvalue weighted by Gasteiger charge is -2.49. The highest BCUT2D eigenvalue weighted by atomic mass is 35.5. The molecule has 8 heteroatoms. The fraction of sp³-hybridized carbons (Fsp3) is 0.900. The van der Waals surface area contributed by atoms with Crippen LogP contribution in [0.3, 0.4) is 0 Å². The largest absolute Gasteiger partial charge is 0.380 e. The zero-order valence-corrected chi connectivity index (χ0v) is 16.8. The zero-order chi connectivity index (χ0) is 19.8. The first kappa shape index (κ1) is 20.3. The van der Waals surface area contributed by atoms with E-state index in [1.807, 2.05) is 0 Å². The highest BCUT2D eigenvalue weighted by Crippen LogP contribution is 2.35. The summed E-state index contributed by atoms with van der Waals surface area (Å²) in [6.07, 6.45) is 1.94. The van der Waals surface area contributed by atoms with E-state index < -0.39 is 24.4 Å². The first-order valence-corrected chi connectivity index (χ1v) is 11.0. The van der Waals surface area contributed by atoms with Crippen LogP contribution in [0.25, 0.3) is 0 Å². The third-order valence-corrected chi connectivity index (χ3v) is 7.31. The molecular weight excluding hydrogens is 390 g/mol. The van der Waals surface area contributed by atoms with Gasteiger partial charge in [0, 0.05) is 17.8 Å². The second kappa shape index (κ2) is 8.42. The second-order valence-corrected chi connectivity index (χ2v) is 9.48. The molecule has 2 saturated carbocycles. The molecule has 4 aliphatic rings. The van der Waals surface area contributed by atoms with Crippen LogP contribution in [0.2, 0.25) is 0 Å². The molecule has 2 saturated heterocycles. The van der Waals surface area contributed by atoms with E-state index in [9.17, 15) is 18.4 Å². The Morgan fingerprint density at radius 1 is 1.04 bits per heavy atom. The number of halogens is 3. The number of carbonyl (C=O) groups excluding carboxylic acids is 2. The molecule has 4 unspecified atom stereocenters. The van der Waals surface area contributed by atoms with Gasteiger partial charge in [-0.05, 0) is 50.9 Å². The van der Waals surface area contributed by atoms with Gasteiger partial charge in [0.25, 0.3) is 0 Å². The number of alkyl halides is 3. The van der Waals surface area contributed by atoms with Gasteiger partial charge in [-0.3, -0.25) is 9.59 Å². The number of nitrogens with zero attached hydrogens (tertiary/aromatic N) is 2. The number of hydrogen-bond acceptors (Lipinski definition) is 3. The Kier molecular flexibility index (Phi) is 6.12. The van der Waals surface area contributed by atoms with Crippen molar-refractivity contribution in [3.8, 4) is 0 Å². The lowest BCUT2D eigenvalue weighted by atomic mass is 9.85. The summed E-state index contributed by atoms with van der Waals surface area (Å²) in [5.41, 5.74) is 0. The molecule has 0 bridgehead atoms. The number of piperazine rings is 1. The van der Waals surface area contributed by atoms with Crippen molar-refractivity contribution in [3.05, 3.63) is 0 Å². The van der Waals surface area contributed by atoms with Crippen molar-refractivity contribution in [2.24, 2.45) is 11.8 Å². The molecule has 158 valence electrons. The van der Waals surface area contributed by atoms with Crippen LogP contribution in [0.5, 0.6) is 0 Å². The summed E-state index contributed by atoms with van der Waals surface area (Å²) in [4.78, 5) is 29.5. The number of amides is 2. The molecule has 0 aromatic rings. The predicted molar refractivity (Wildman–Crippen MR) is 101 cm³/mol. The standard InChI is InChI=1S/C20H29ClF2N2O3/c21-14-3-6-17(16(23)7-14)24-9-18(26)25(8-12-1-4-15(22)5-2-12)19(20(24)27)13-10-28-11-13/h12-17,19H,1-11H2. The minimum atomic E-state index is -1.20. The molecule has 4 atom stereocenters. The highest BCUT2D eigenvalue weighted by Gasteiger charge is 2.50. The van der Waals surface area contributed by atoms with E-state index in [-0.39, 0.29) is 42.0 Å². The minimum absolute atomic E-state index is 0.0424. The highest BCUT2D eigenvalue weighted by molar-refractivity contribution is 6.20. The maximum absolute atomic E-state index is 14.7. The van der Waals surface area contributed by atoms with E-state index in [2.05, 4.69) is 0 Å². The van der Waals surface area contributed by atoms with E-state index in [0.29, 0.717) is 45.4 Å². The van der Waals surface area contributed by atoms with Gasteiger partial charge in [-0.2, -0.15) is 0 Å². The smallest absolute Gasteiger partial charge is 0.246 e. The first-order valence-electron chi connectivity index (χ1n) is 10.5. The van der Waals surface area contributed by atoms with E-state index >= 15 is 0 Å². The Bertz CT molecular complexity index is 598. The average Bonchev–Trinajstić information content (AvgIpc) is 2.61. The van der Waals surface area contributed by atoms with Crippen LogP contribution in [-0.2, 0) is 14.3 Å². The van der Waals surface area contributed by atoms with Gasteiger partial charge in [0.2, 0.25) is 11.8 Å². The Morgan fingerprint density at radius 2 is 1.75 bits per heavy atom. The van der Waals surface area contributed by atoms with Crippen molar-refractivity contribution in [3.63, 3.8) is 0 Å². The molecule has 2 heterocycles. The number of carbonyl (C=O) groups is 2. The number of rotatable bonds is 4. The van der Waals surface area contributed by atoms with Gasteiger partial charge in [0.05, 0.1) is 19.3 Å². The van der Waals surface area contributed by atoms with E-state index in [1.165, 1.54) is 4.90 Å². The molecule has 0 spiro atoms. The van der Waals surface area contributed by atoms with Crippen molar-refractivity contribution in [1.29, 1.82) is 0 Å². The summed E-state index contributed by atoms with van der Waals surface area (Å²) in [6, 6.07) is -1.15. The van der Waals surface area contributed by atoms with Crippen LogP contribution >= 0.6 is 11.6 Å². The summed E-state index contributed by atoms with van der Waals surface area (Å²) >= 11 is 6.07.